The number of aromatic nitrogens is 1. The van der Waals surface area contributed by atoms with E-state index in [1.165, 1.54) is 57.2 Å². The Labute approximate surface area is 130 Å². The zero-order valence-electron chi connectivity index (χ0n) is 12.9. The van der Waals surface area contributed by atoms with Crippen molar-refractivity contribution in [2.75, 3.05) is 18.8 Å². The van der Waals surface area contributed by atoms with E-state index in [1.54, 1.807) is 0 Å². The van der Waals surface area contributed by atoms with Gasteiger partial charge in [-0.05, 0) is 43.8 Å². The molecule has 0 fully saturated rings. The molecule has 0 saturated carbocycles. The fraction of sp³-hybridized carbons (Fsp3) is 0.706. The van der Waals surface area contributed by atoms with Gasteiger partial charge in [0.05, 0.1) is 5.69 Å². The molecule has 1 aromatic heterocycles. The first-order chi connectivity index (χ1) is 9.86. The largest absolute Gasteiger partial charge is 0.298 e. The lowest BCUT2D eigenvalue weighted by Gasteiger charge is -2.19. The second-order valence-electron chi connectivity index (χ2n) is 5.39. The first kappa shape index (κ1) is 17.5. The lowest BCUT2D eigenvalue weighted by molar-refractivity contribution is 0.269. The van der Waals surface area contributed by atoms with Crippen LogP contribution < -0.4 is 0 Å². The molecule has 0 aliphatic carbocycles. The van der Waals surface area contributed by atoms with Crippen molar-refractivity contribution in [3.8, 4) is 0 Å². The van der Waals surface area contributed by atoms with Gasteiger partial charge in [0.1, 0.15) is 0 Å². The van der Waals surface area contributed by atoms with Crippen molar-refractivity contribution in [2.45, 2.75) is 58.4 Å². The van der Waals surface area contributed by atoms with Crippen LogP contribution in [0.4, 0.5) is 0 Å². The Morgan fingerprint density at radius 3 is 2.30 bits per heavy atom. The number of pyridine rings is 1. The molecule has 0 N–H and O–H groups in total. The number of hydrogen-bond acceptors (Lipinski definition) is 3. The van der Waals surface area contributed by atoms with Crippen LogP contribution in [0.25, 0.3) is 0 Å². The van der Waals surface area contributed by atoms with E-state index in [-0.39, 0.29) is 0 Å². The van der Waals surface area contributed by atoms with Crippen molar-refractivity contribution in [1.29, 1.82) is 0 Å². The van der Waals surface area contributed by atoms with Crippen LogP contribution in [0.1, 0.15) is 57.6 Å². The molecule has 0 amide bonds. The lowest BCUT2D eigenvalue weighted by atomic mass is 10.1. The second kappa shape index (κ2) is 12.2. The van der Waals surface area contributed by atoms with Crippen molar-refractivity contribution in [1.82, 2.24) is 9.88 Å². The third-order valence-corrected chi connectivity index (χ3v) is 4.01. The Kier molecular flexibility index (Phi) is 10.7. The SMILES string of the molecule is CCN(CCCCCCCCCS)Cc1ccccn1. The molecule has 0 saturated heterocycles. The number of unbranched alkanes of at least 4 members (excludes halogenated alkanes) is 6. The molecule has 20 heavy (non-hydrogen) atoms. The molecular weight excluding hydrogens is 264 g/mol. The zero-order chi connectivity index (χ0) is 14.5. The van der Waals surface area contributed by atoms with Gasteiger partial charge in [-0.3, -0.25) is 9.88 Å². The van der Waals surface area contributed by atoms with E-state index in [0.717, 1.165) is 18.8 Å². The maximum atomic E-state index is 4.40. The molecule has 114 valence electrons. The summed E-state index contributed by atoms with van der Waals surface area (Å²) in [6.07, 6.45) is 11.3. The second-order valence-corrected chi connectivity index (χ2v) is 5.84. The predicted octanol–water partition coefficient (Wildman–Crippen LogP) is 4.56. The van der Waals surface area contributed by atoms with Gasteiger partial charge in [0.25, 0.3) is 0 Å². The summed E-state index contributed by atoms with van der Waals surface area (Å²) < 4.78 is 0. The minimum Gasteiger partial charge on any atom is -0.298 e. The number of thiol groups is 1. The summed E-state index contributed by atoms with van der Waals surface area (Å²) in [5.74, 6) is 1.04. The molecule has 1 rings (SSSR count). The molecule has 0 radical (unpaired) electrons. The third-order valence-electron chi connectivity index (χ3n) is 3.69. The minimum absolute atomic E-state index is 0.985. The van der Waals surface area contributed by atoms with Gasteiger partial charge in [-0.1, -0.05) is 45.1 Å². The maximum absolute atomic E-state index is 4.40. The average Bonchev–Trinajstić information content (AvgIpc) is 2.49. The first-order valence-corrected chi connectivity index (χ1v) is 8.73. The molecule has 0 aromatic carbocycles. The van der Waals surface area contributed by atoms with Crippen LogP contribution in [0.2, 0.25) is 0 Å². The standard InChI is InChI=1S/C17H30N2S/c1-2-19(16-17-12-8-9-13-18-17)14-10-6-4-3-5-7-11-15-20/h8-9,12-13,20H,2-7,10-11,14-16H2,1H3. The van der Waals surface area contributed by atoms with E-state index >= 15 is 0 Å². The third kappa shape index (κ3) is 8.60. The molecule has 1 aromatic rings. The number of nitrogens with zero attached hydrogens (tertiary/aromatic N) is 2. The van der Waals surface area contributed by atoms with Crippen LogP contribution in [0.15, 0.2) is 24.4 Å². The highest BCUT2D eigenvalue weighted by Gasteiger charge is 2.03. The van der Waals surface area contributed by atoms with Gasteiger partial charge >= 0.3 is 0 Å². The van der Waals surface area contributed by atoms with Crippen LogP contribution in [-0.4, -0.2) is 28.7 Å². The summed E-state index contributed by atoms with van der Waals surface area (Å²) in [6, 6.07) is 6.17. The van der Waals surface area contributed by atoms with E-state index in [0.29, 0.717) is 0 Å². The van der Waals surface area contributed by atoms with Crippen LogP contribution >= 0.6 is 12.6 Å². The van der Waals surface area contributed by atoms with Gasteiger partial charge in [0.2, 0.25) is 0 Å². The molecule has 0 bridgehead atoms. The van der Waals surface area contributed by atoms with Crippen molar-refractivity contribution in [3.63, 3.8) is 0 Å². The van der Waals surface area contributed by atoms with Crippen LogP contribution in [0.3, 0.4) is 0 Å². The summed E-state index contributed by atoms with van der Waals surface area (Å²) in [5.41, 5.74) is 1.18. The van der Waals surface area contributed by atoms with Crippen molar-refractivity contribution in [2.24, 2.45) is 0 Å². The summed E-state index contributed by atoms with van der Waals surface area (Å²) in [4.78, 5) is 6.89. The Bertz CT molecular complexity index is 316. The summed E-state index contributed by atoms with van der Waals surface area (Å²) in [5, 5.41) is 0. The Morgan fingerprint density at radius 1 is 1.00 bits per heavy atom. The van der Waals surface area contributed by atoms with Gasteiger partial charge in [0.15, 0.2) is 0 Å². The Morgan fingerprint density at radius 2 is 1.70 bits per heavy atom. The van der Waals surface area contributed by atoms with Crippen LogP contribution in [0, 0.1) is 0 Å². The molecular formula is C17H30N2S. The van der Waals surface area contributed by atoms with Gasteiger partial charge < -0.3 is 0 Å². The number of rotatable bonds is 12. The molecule has 0 atom stereocenters. The van der Waals surface area contributed by atoms with E-state index in [1.807, 2.05) is 12.3 Å². The quantitative estimate of drug-likeness (QED) is 0.449. The van der Waals surface area contributed by atoms with Gasteiger partial charge in [0, 0.05) is 12.7 Å². The molecule has 0 unspecified atom stereocenters. The van der Waals surface area contributed by atoms with Gasteiger partial charge in [-0.15, -0.1) is 0 Å². The van der Waals surface area contributed by atoms with Gasteiger partial charge in [-0.2, -0.15) is 12.6 Å². The molecule has 0 spiro atoms. The Balaban J connectivity index is 2.04. The molecule has 3 heteroatoms. The van der Waals surface area contributed by atoms with E-state index in [9.17, 15) is 0 Å². The Hall–Kier alpha value is -0.540. The molecule has 0 aliphatic rings. The summed E-state index contributed by atoms with van der Waals surface area (Å²) >= 11 is 4.24. The highest BCUT2D eigenvalue weighted by atomic mass is 32.1. The first-order valence-electron chi connectivity index (χ1n) is 8.10. The van der Waals surface area contributed by atoms with E-state index in [4.69, 9.17) is 0 Å². The molecule has 0 aliphatic heterocycles. The van der Waals surface area contributed by atoms with E-state index in [2.05, 4.69) is 41.6 Å². The van der Waals surface area contributed by atoms with Crippen molar-refractivity contribution in [3.05, 3.63) is 30.1 Å². The smallest absolute Gasteiger partial charge is 0.0543 e. The highest BCUT2D eigenvalue weighted by molar-refractivity contribution is 7.80. The van der Waals surface area contributed by atoms with Crippen LogP contribution in [-0.2, 0) is 6.54 Å². The molecule has 1 heterocycles. The monoisotopic (exact) mass is 294 g/mol. The van der Waals surface area contributed by atoms with E-state index < -0.39 is 0 Å². The normalized spacial score (nSPS) is 11.2. The van der Waals surface area contributed by atoms with Crippen molar-refractivity contribution < 1.29 is 0 Å². The summed E-state index contributed by atoms with van der Waals surface area (Å²) in [6.45, 7) is 5.53. The summed E-state index contributed by atoms with van der Waals surface area (Å²) in [7, 11) is 0. The highest BCUT2D eigenvalue weighted by Crippen LogP contribution is 2.09. The number of hydrogen-bond donors (Lipinski definition) is 1. The topological polar surface area (TPSA) is 16.1 Å². The van der Waals surface area contributed by atoms with Crippen molar-refractivity contribution >= 4 is 12.6 Å². The lowest BCUT2D eigenvalue weighted by Crippen LogP contribution is -2.24. The fourth-order valence-electron chi connectivity index (χ4n) is 2.40. The zero-order valence-corrected chi connectivity index (χ0v) is 13.8. The fourth-order valence-corrected chi connectivity index (χ4v) is 2.62. The predicted molar refractivity (Wildman–Crippen MR) is 91.4 cm³/mol. The minimum atomic E-state index is 0.985. The average molecular weight is 295 g/mol. The van der Waals surface area contributed by atoms with Gasteiger partial charge in [-0.25, -0.2) is 0 Å². The van der Waals surface area contributed by atoms with Crippen LogP contribution in [0.5, 0.6) is 0 Å². The molecule has 2 nitrogen and oxygen atoms in total. The maximum Gasteiger partial charge on any atom is 0.0543 e.